The average Bonchev–Trinajstić information content (AvgIpc) is 2.63. The van der Waals surface area contributed by atoms with Crippen LogP contribution < -0.4 is 20.7 Å². The van der Waals surface area contributed by atoms with E-state index in [0.717, 1.165) is 17.0 Å². The fraction of sp³-hybridized carbons (Fsp3) is 0.286. The van der Waals surface area contributed by atoms with Crippen molar-refractivity contribution in [2.45, 2.75) is 26.7 Å². The van der Waals surface area contributed by atoms with Gasteiger partial charge in [0.25, 0.3) is 0 Å². The van der Waals surface area contributed by atoms with Crippen molar-refractivity contribution in [3.05, 3.63) is 54.1 Å². The highest BCUT2D eigenvalue weighted by molar-refractivity contribution is 7.80. The third-order valence-corrected chi connectivity index (χ3v) is 4.00. The minimum Gasteiger partial charge on any atom is -0.497 e. The van der Waals surface area contributed by atoms with Crippen molar-refractivity contribution in [2.24, 2.45) is 5.92 Å². The zero-order chi connectivity index (χ0) is 20.5. The van der Waals surface area contributed by atoms with Gasteiger partial charge in [0, 0.05) is 17.8 Å². The van der Waals surface area contributed by atoms with E-state index in [1.807, 2.05) is 26.0 Å². The van der Waals surface area contributed by atoms with E-state index in [2.05, 4.69) is 16.0 Å². The first-order valence-electron chi connectivity index (χ1n) is 8.99. The quantitative estimate of drug-likeness (QED) is 0.618. The molecule has 0 aliphatic carbocycles. The Bertz CT molecular complexity index is 818. The number of benzene rings is 2. The molecule has 6 nitrogen and oxygen atoms in total. The van der Waals surface area contributed by atoms with Crippen LogP contribution in [0.15, 0.2) is 48.5 Å². The maximum Gasteiger partial charge on any atom is 0.230 e. The van der Waals surface area contributed by atoms with Crippen molar-refractivity contribution in [3.63, 3.8) is 0 Å². The number of nitrogens with one attached hydrogen (secondary N) is 3. The van der Waals surface area contributed by atoms with Gasteiger partial charge in [-0.3, -0.25) is 9.59 Å². The number of thiocarbonyl (C=S) groups is 1. The third-order valence-electron chi connectivity index (χ3n) is 3.80. The molecule has 148 valence electrons. The van der Waals surface area contributed by atoms with Crippen LogP contribution in [-0.4, -0.2) is 24.0 Å². The predicted octanol–water partition coefficient (Wildman–Crippen LogP) is 3.74. The average molecular weight is 400 g/mol. The summed E-state index contributed by atoms with van der Waals surface area (Å²) >= 11 is 5.19. The maximum absolute atomic E-state index is 12.1. The molecule has 2 aromatic carbocycles. The molecule has 0 fully saturated rings. The summed E-state index contributed by atoms with van der Waals surface area (Å²) in [6, 6.07) is 14.4. The van der Waals surface area contributed by atoms with Crippen molar-refractivity contribution in [1.82, 2.24) is 5.32 Å². The third kappa shape index (κ3) is 7.36. The summed E-state index contributed by atoms with van der Waals surface area (Å²) in [5.74, 6) is 0.822. The molecule has 0 bridgehead atoms. The van der Waals surface area contributed by atoms with E-state index < -0.39 is 0 Å². The zero-order valence-corrected chi connectivity index (χ0v) is 17.1. The molecular formula is C21H25N3O3S. The molecule has 0 radical (unpaired) electrons. The summed E-state index contributed by atoms with van der Waals surface area (Å²) in [6.45, 7) is 3.99. The number of anilines is 2. The molecule has 3 N–H and O–H groups in total. The lowest BCUT2D eigenvalue weighted by atomic mass is 10.1. The number of rotatable bonds is 7. The van der Waals surface area contributed by atoms with E-state index >= 15 is 0 Å². The van der Waals surface area contributed by atoms with Gasteiger partial charge < -0.3 is 20.7 Å². The van der Waals surface area contributed by atoms with Crippen molar-refractivity contribution in [2.75, 3.05) is 17.7 Å². The molecule has 0 saturated heterocycles. The van der Waals surface area contributed by atoms with Gasteiger partial charge in [-0.1, -0.05) is 26.0 Å². The van der Waals surface area contributed by atoms with E-state index in [1.54, 1.807) is 43.5 Å². The fourth-order valence-corrected chi connectivity index (χ4v) is 2.71. The summed E-state index contributed by atoms with van der Waals surface area (Å²) in [4.78, 5) is 23.9. The van der Waals surface area contributed by atoms with E-state index in [1.165, 1.54) is 0 Å². The number of hydrogen-bond donors (Lipinski definition) is 3. The summed E-state index contributed by atoms with van der Waals surface area (Å²) in [7, 11) is 1.60. The van der Waals surface area contributed by atoms with Crippen molar-refractivity contribution in [1.29, 1.82) is 0 Å². The Hall–Kier alpha value is -2.93. The second kappa shape index (κ2) is 10.4. The van der Waals surface area contributed by atoms with Crippen molar-refractivity contribution < 1.29 is 14.3 Å². The number of methoxy groups -OCH3 is 1. The van der Waals surface area contributed by atoms with E-state index in [0.29, 0.717) is 18.0 Å². The van der Waals surface area contributed by atoms with Gasteiger partial charge in [0.05, 0.1) is 13.5 Å². The van der Waals surface area contributed by atoms with Gasteiger partial charge in [-0.2, -0.15) is 0 Å². The molecule has 2 aromatic rings. The minimum absolute atomic E-state index is 0.0166. The van der Waals surface area contributed by atoms with E-state index in [-0.39, 0.29) is 23.3 Å². The van der Waals surface area contributed by atoms with Crippen LogP contribution in [0.4, 0.5) is 11.4 Å². The van der Waals surface area contributed by atoms with Gasteiger partial charge in [0.1, 0.15) is 5.75 Å². The van der Waals surface area contributed by atoms with Crippen molar-refractivity contribution >= 4 is 40.5 Å². The molecule has 0 aliphatic rings. The Morgan fingerprint density at radius 1 is 0.929 bits per heavy atom. The molecule has 7 heteroatoms. The Morgan fingerprint density at radius 2 is 1.50 bits per heavy atom. The predicted molar refractivity (Wildman–Crippen MR) is 116 cm³/mol. The molecular weight excluding hydrogens is 374 g/mol. The molecule has 0 spiro atoms. The summed E-state index contributed by atoms with van der Waals surface area (Å²) in [5, 5.41) is 8.67. The first-order valence-corrected chi connectivity index (χ1v) is 9.40. The van der Waals surface area contributed by atoms with Crippen LogP contribution in [0.1, 0.15) is 25.8 Å². The molecule has 0 saturated carbocycles. The molecule has 2 rings (SSSR count). The van der Waals surface area contributed by atoms with Crippen LogP contribution in [0.3, 0.4) is 0 Å². The second-order valence-corrected chi connectivity index (χ2v) is 7.16. The van der Waals surface area contributed by atoms with Crippen LogP contribution in [0.5, 0.6) is 5.75 Å². The Kier molecular flexibility index (Phi) is 7.95. The van der Waals surface area contributed by atoms with Gasteiger partial charge in [0.15, 0.2) is 5.11 Å². The molecule has 0 aliphatic heterocycles. The standard InChI is InChI=1S/C21H25N3O3S/c1-14(2)12-19(25)22-16-6-8-17(9-7-16)23-21(28)24-20(26)13-15-4-10-18(27-3)11-5-15/h4-11,14H,12-13H2,1-3H3,(H,22,25)(H2,23,24,26,28). The van der Waals surface area contributed by atoms with Crippen molar-refractivity contribution in [3.8, 4) is 5.75 Å². The molecule has 28 heavy (non-hydrogen) atoms. The second-order valence-electron chi connectivity index (χ2n) is 6.75. The molecule has 2 amide bonds. The largest absolute Gasteiger partial charge is 0.497 e. The molecule has 0 atom stereocenters. The first-order chi connectivity index (χ1) is 13.4. The van der Waals surface area contributed by atoms with Gasteiger partial charge in [-0.25, -0.2) is 0 Å². The number of carbonyl (C=O) groups is 2. The monoisotopic (exact) mass is 399 g/mol. The number of ether oxygens (including phenoxy) is 1. The highest BCUT2D eigenvalue weighted by Crippen LogP contribution is 2.15. The maximum atomic E-state index is 12.1. The number of hydrogen-bond acceptors (Lipinski definition) is 4. The highest BCUT2D eigenvalue weighted by atomic mass is 32.1. The lowest BCUT2D eigenvalue weighted by molar-refractivity contribution is -0.119. The van der Waals surface area contributed by atoms with Crippen LogP contribution >= 0.6 is 12.2 Å². The van der Waals surface area contributed by atoms with Gasteiger partial charge >= 0.3 is 0 Å². The number of amides is 2. The topological polar surface area (TPSA) is 79.5 Å². The number of carbonyl (C=O) groups excluding carboxylic acids is 2. The van der Waals surface area contributed by atoms with Gasteiger partial charge in [-0.15, -0.1) is 0 Å². The van der Waals surface area contributed by atoms with Crippen LogP contribution in [0.25, 0.3) is 0 Å². The lowest BCUT2D eigenvalue weighted by Crippen LogP contribution is -2.35. The summed E-state index contributed by atoms with van der Waals surface area (Å²) in [5.41, 5.74) is 2.30. The zero-order valence-electron chi connectivity index (χ0n) is 16.2. The van der Waals surface area contributed by atoms with Crippen LogP contribution in [0.2, 0.25) is 0 Å². The molecule has 0 aromatic heterocycles. The normalized spacial score (nSPS) is 10.3. The van der Waals surface area contributed by atoms with Gasteiger partial charge in [-0.05, 0) is 60.1 Å². The lowest BCUT2D eigenvalue weighted by Gasteiger charge is -2.11. The van der Waals surface area contributed by atoms with E-state index in [9.17, 15) is 9.59 Å². The van der Waals surface area contributed by atoms with Crippen LogP contribution in [-0.2, 0) is 16.0 Å². The Balaban J connectivity index is 1.81. The summed E-state index contributed by atoms with van der Waals surface area (Å²) < 4.78 is 5.10. The summed E-state index contributed by atoms with van der Waals surface area (Å²) in [6.07, 6.45) is 0.691. The Labute approximate surface area is 170 Å². The Morgan fingerprint density at radius 3 is 2.04 bits per heavy atom. The smallest absolute Gasteiger partial charge is 0.230 e. The SMILES string of the molecule is COc1ccc(CC(=O)NC(=S)Nc2ccc(NC(=O)CC(C)C)cc2)cc1. The molecule has 0 unspecified atom stereocenters. The molecule has 0 heterocycles. The van der Waals surface area contributed by atoms with E-state index in [4.69, 9.17) is 17.0 Å². The van der Waals surface area contributed by atoms with Gasteiger partial charge in [0.2, 0.25) is 11.8 Å². The van der Waals surface area contributed by atoms with Crippen LogP contribution in [0, 0.1) is 5.92 Å². The fourth-order valence-electron chi connectivity index (χ4n) is 2.48. The first kappa shape index (κ1) is 21.4. The highest BCUT2D eigenvalue weighted by Gasteiger charge is 2.08. The minimum atomic E-state index is -0.208.